The van der Waals surface area contributed by atoms with E-state index < -0.39 is 0 Å². The van der Waals surface area contributed by atoms with Crippen LogP contribution in [0.1, 0.15) is 0 Å². The molecule has 0 spiro atoms. The standard InChI is InChI=1S/C14H13N3O2S/c15-11-3-1-2-4-12(11)19-7-6-17-9-16-13-10(14(17)18)5-8-20-13/h1-5,8-9H,6-7,15H2. The largest absolute Gasteiger partial charge is 0.490 e. The van der Waals surface area contributed by atoms with Crippen LogP contribution in [-0.4, -0.2) is 16.2 Å². The summed E-state index contributed by atoms with van der Waals surface area (Å²) in [6, 6.07) is 9.08. The Hall–Kier alpha value is -2.34. The molecule has 3 rings (SSSR count). The fourth-order valence-corrected chi connectivity index (χ4v) is 2.64. The van der Waals surface area contributed by atoms with E-state index in [9.17, 15) is 4.79 Å². The Balaban J connectivity index is 1.73. The predicted molar refractivity (Wildman–Crippen MR) is 80.2 cm³/mol. The fourth-order valence-electron chi connectivity index (χ4n) is 1.92. The number of nitrogen functional groups attached to an aromatic ring is 1. The number of aromatic nitrogens is 2. The predicted octanol–water partition coefficient (Wildman–Crippen LogP) is 2.12. The van der Waals surface area contributed by atoms with Crippen LogP contribution < -0.4 is 16.0 Å². The van der Waals surface area contributed by atoms with Crippen molar-refractivity contribution in [1.82, 2.24) is 9.55 Å². The minimum absolute atomic E-state index is 0.0408. The maximum atomic E-state index is 12.1. The van der Waals surface area contributed by atoms with E-state index in [0.29, 0.717) is 30.0 Å². The molecule has 0 aliphatic rings. The van der Waals surface area contributed by atoms with Gasteiger partial charge in [-0.1, -0.05) is 12.1 Å². The van der Waals surface area contributed by atoms with Crippen LogP contribution in [-0.2, 0) is 6.54 Å². The summed E-state index contributed by atoms with van der Waals surface area (Å²) < 4.78 is 7.13. The highest BCUT2D eigenvalue weighted by Crippen LogP contribution is 2.19. The molecule has 0 radical (unpaired) electrons. The van der Waals surface area contributed by atoms with Crippen LogP contribution in [0, 0.1) is 0 Å². The van der Waals surface area contributed by atoms with Crippen molar-refractivity contribution in [3.05, 3.63) is 52.4 Å². The van der Waals surface area contributed by atoms with Gasteiger partial charge in [-0.2, -0.15) is 0 Å². The SMILES string of the molecule is Nc1ccccc1OCCn1cnc2sccc2c1=O. The van der Waals surface area contributed by atoms with Crippen molar-refractivity contribution < 1.29 is 4.74 Å². The molecule has 2 N–H and O–H groups in total. The van der Waals surface area contributed by atoms with Gasteiger partial charge in [0.2, 0.25) is 0 Å². The average Bonchev–Trinajstić information content (AvgIpc) is 2.93. The second kappa shape index (κ2) is 5.34. The van der Waals surface area contributed by atoms with Crippen molar-refractivity contribution in [2.75, 3.05) is 12.3 Å². The molecule has 5 nitrogen and oxygen atoms in total. The van der Waals surface area contributed by atoms with Crippen LogP contribution in [0.5, 0.6) is 5.75 Å². The maximum Gasteiger partial charge on any atom is 0.262 e. The van der Waals surface area contributed by atoms with Crippen LogP contribution in [0.2, 0.25) is 0 Å². The van der Waals surface area contributed by atoms with E-state index in [1.165, 1.54) is 11.3 Å². The molecule has 0 fully saturated rings. The Morgan fingerprint density at radius 2 is 2.15 bits per heavy atom. The van der Waals surface area contributed by atoms with Crippen LogP contribution in [0.3, 0.4) is 0 Å². The molecular weight excluding hydrogens is 274 g/mol. The topological polar surface area (TPSA) is 70.1 Å². The molecule has 2 aromatic heterocycles. The quantitative estimate of drug-likeness (QED) is 0.746. The van der Waals surface area contributed by atoms with Gasteiger partial charge in [0.25, 0.3) is 5.56 Å². The third-order valence-electron chi connectivity index (χ3n) is 2.96. The number of nitrogens with zero attached hydrogens (tertiary/aromatic N) is 2. The van der Waals surface area contributed by atoms with Crippen molar-refractivity contribution in [2.45, 2.75) is 6.54 Å². The van der Waals surface area contributed by atoms with Gasteiger partial charge in [-0.15, -0.1) is 11.3 Å². The van der Waals surface area contributed by atoms with Gasteiger partial charge < -0.3 is 10.5 Å². The van der Waals surface area contributed by atoms with Crippen molar-refractivity contribution in [1.29, 1.82) is 0 Å². The fraction of sp³-hybridized carbons (Fsp3) is 0.143. The number of fused-ring (bicyclic) bond motifs is 1. The molecule has 0 atom stereocenters. The smallest absolute Gasteiger partial charge is 0.262 e. The van der Waals surface area contributed by atoms with E-state index in [1.807, 2.05) is 17.5 Å². The lowest BCUT2D eigenvalue weighted by molar-refractivity contribution is 0.297. The number of ether oxygens (including phenoxy) is 1. The molecule has 0 bridgehead atoms. The zero-order valence-electron chi connectivity index (χ0n) is 10.7. The van der Waals surface area contributed by atoms with Crippen LogP contribution in [0.15, 0.2) is 46.8 Å². The van der Waals surface area contributed by atoms with Gasteiger partial charge in [-0.3, -0.25) is 9.36 Å². The molecule has 20 heavy (non-hydrogen) atoms. The Morgan fingerprint density at radius 1 is 1.30 bits per heavy atom. The van der Waals surface area contributed by atoms with Crippen molar-refractivity contribution >= 4 is 27.2 Å². The van der Waals surface area contributed by atoms with Gasteiger partial charge in [-0.05, 0) is 23.6 Å². The van der Waals surface area contributed by atoms with E-state index in [1.54, 1.807) is 29.1 Å². The van der Waals surface area contributed by atoms with Gasteiger partial charge >= 0.3 is 0 Å². The Labute approximate surface area is 119 Å². The lowest BCUT2D eigenvalue weighted by Crippen LogP contribution is -2.23. The number of hydrogen-bond acceptors (Lipinski definition) is 5. The highest BCUT2D eigenvalue weighted by molar-refractivity contribution is 7.16. The number of para-hydroxylation sites is 2. The third kappa shape index (κ3) is 2.37. The number of hydrogen-bond donors (Lipinski definition) is 1. The summed E-state index contributed by atoms with van der Waals surface area (Å²) in [5, 5.41) is 2.52. The van der Waals surface area contributed by atoms with Gasteiger partial charge in [-0.25, -0.2) is 4.98 Å². The Kier molecular flexibility index (Phi) is 3.39. The van der Waals surface area contributed by atoms with Crippen molar-refractivity contribution in [3.8, 4) is 5.75 Å². The average molecular weight is 287 g/mol. The molecule has 6 heteroatoms. The van der Waals surface area contributed by atoms with Gasteiger partial charge in [0, 0.05) is 0 Å². The zero-order chi connectivity index (χ0) is 13.9. The molecule has 0 aliphatic carbocycles. The summed E-state index contributed by atoms with van der Waals surface area (Å²) >= 11 is 1.46. The van der Waals surface area contributed by atoms with Crippen LogP contribution in [0.4, 0.5) is 5.69 Å². The molecule has 3 aromatic rings. The van der Waals surface area contributed by atoms with Crippen molar-refractivity contribution in [3.63, 3.8) is 0 Å². The second-order valence-electron chi connectivity index (χ2n) is 4.27. The van der Waals surface area contributed by atoms with Crippen LogP contribution in [0.25, 0.3) is 10.2 Å². The van der Waals surface area contributed by atoms with E-state index in [0.717, 1.165) is 4.83 Å². The Morgan fingerprint density at radius 3 is 3.00 bits per heavy atom. The van der Waals surface area contributed by atoms with E-state index >= 15 is 0 Å². The summed E-state index contributed by atoms with van der Waals surface area (Å²) in [7, 11) is 0. The molecule has 0 aliphatic heterocycles. The summed E-state index contributed by atoms with van der Waals surface area (Å²) in [6.07, 6.45) is 1.55. The zero-order valence-corrected chi connectivity index (χ0v) is 11.5. The summed E-state index contributed by atoms with van der Waals surface area (Å²) in [6.45, 7) is 0.803. The molecule has 1 aromatic carbocycles. The maximum absolute atomic E-state index is 12.1. The Bertz CT molecular complexity index is 794. The third-order valence-corrected chi connectivity index (χ3v) is 3.78. The van der Waals surface area contributed by atoms with E-state index in [4.69, 9.17) is 10.5 Å². The van der Waals surface area contributed by atoms with Crippen molar-refractivity contribution in [2.24, 2.45) is 0 Å². The normalized spacial score (nSPS) is 10.8. The minimum atomic E-state index is -0.0408. The number of nitrogens with two attached hydrogens (primary N) is 1. The summed E-state index contributed by atoms with van der Waals surface area (Å²) in [5.74, 6) is 0.630. The summed E-state index contributed by atoms with van der Waals surface area (Å²) in [4.78, 5) is 17.2. The highest BCUT2D eigenvalue weighted by atomic mass is 32.1. The first kappa shape index (κ1) is 12.7. The molecule has 2 heterocycles. The van der Waals surface area contributed by atoms with E-state index in [2.05, 4.69) is 4.98 Å². The first-order valence-electron chi connectivity index (χ1n) is 6.15. The molecular formula is C14H13N3O2S. The lowest BCUT2D eigenvalue weighted by Gasteiger charge is -2.09. The summed E-state index contributed by atoms with van der Waals surface area (Å²) in [5.41, 5.74) is 6.33. The minimum Gasteiger partial charge on any atom is -0.490 e. The van der Waals surface area contributed by atoms with E-state index in [-0.39, 0.29) is 5.56 Å². The number of rotatable bonds is 4. The number of benzene rings is 1. The molecule has 0 saturated carbocycles. The van der Waals surface area contributed by atoms with Gasteiger partial charge in [0.05, 0.1) is 23.9 Å². The molecule has 0 amide bonds. The first-order valence-corrected chi connectivity index (χ1v) is 7.03. The number of anilines is 1. The number of thiophene rings is 1. The first-order chi connectivity index (χ1) is 9.75. The second-order valence-corrected chi connectivity index (χ2v) is 5.16. The van der Waals surface area contributed by atoms with Crippen LogP contribution >= 0.6 is 11.3 Å². The molecule has 0 saturated heterocycles. The molecule has 0 unspecified atom stereocenters. The molecule has 102 valence electrons. The van der Waals surface area contributed by atoms with Gasteiger partial charge in [0.1, 0.15) is 17.2 Å². The monoisotopic (exact) mass is 287 g/mol. The lowest BCUT2D eigenvalue weighted by atomic mass is 10.3. The highest BCUT2D eigenvalue weighted by Gasteiger charge is 2.05. The van der Waals surface area contributed by atoms with Gasteiger partial charge in [0.15, 0.2) is 0 Å².